The Hall–Kier alpha value is -1.68. The van der Waals surface area contributed by atoms with E-state index in [0.717, 1.165) is 12.0 Å². The van der Waals surface area contributed by atoms with Crippen molar-refractivity contribution in [3.05, 3.63) is 59.9 Å². The Morgan fingerprint density at radius 2 is 2.24 bits per heavy atom. The summed E-state index contributed by atoms with van der Waals surface area (Å²) < 4.78 is 4.97. The van der Waals surface area contributed by atoms with Gasteiger partial charge in [-0.3, -0.25) is 0 Å². The van der Waals surface area contributed by atoms with E-state index in [1.54, 1.807) is 13.0 Å². The Morgan fingerprint density at radius 1 is 1.48 bits per heavy atom. The van der Waals surface area contributed by atoms with Crippen molar-refractivity contribution in [1.82, 2.24) is 0 Å². The maximum absolute atomic E-state index is 11.7. The molecule has 0 aromatic rings. The zero-order valence-electron chi connectivity index (χ0n) is 15.5. The summed E-state index contributed by atoms with van der Waals surface area (Å²) in [5, 5.41) is 0.590. The third-order valence-corrected chi connectivity index (χ3v) is 6.10. The van der Waals surface area contributed by atoms with Gasteiger partial charge in [-0.15, -0.1) is 0 Å². The van der Waals surface area contributed by atoms with Gasteiger partial charge in [-0.25, -0.2) is 4.79 Å². The van der Waals surface area contributed by atoms with Crippen molar-refractivity contribution in [3.63, 3.8) is 0 Å². The van der Waals surface area contributed by atoms with Crippen LogP contribution in [0.4, 0.5) is 0 Å². The van der Waals surface area contributed by atoms with E-state index >= 15 is 0 Å². The monoisotopic (exact) mass is 359 g/mol. The number of hydrogen-bond donors (Lipinski definition) is 1. The SMILES string of the molecule is C=C(/C=C\C(=C/N)C(=O)OCC)CC1=CC2C(C=C1)SCCC2(C)C. The van der Waals surface area contributed by atoms with Gasteiger partial charge < -0.3 is 10.5 Å². The summed E-state index contributed by atoms with van der Waals surface area (Å²) in [5.41, 5.74) is 8.43. The van der Waals surface area contributed by atoms with Crippen molar-refractivity contribution in [3.8, 4) is 0 Å². The number of nitrogens with two attached hydrogens (primary N) is 1. The van der Waals surface area contributed by atoms with Crippen LogP contribution in [0, 0.1) is 11.3 Å². The molecule has 0 amide bonds. The highest BCUT2D eigenvalue weighted by atomic mass is 32.2. The second-order valence-corrected chi connectivity index (χ2v) is 8.50. The summed E-state index contributed by atoms with van der Waals surface area (Å²) in [4.78, 5) is 11.7. The molecule has 0 bridgehead atoms. The van der Waals surface area contributed by atoms with E-state index in [2.05, 4.69) is 50.4 Å². The minimum absolute atomic E-state index is 0.332. The van der Waals surface area contributed by atoms with Crippen molar-refractivity contribution in [2.24, 2.45) is 17.1 Å². The highest BCUT2D eigenvalue weighted by Crippen LogP contribution is 2.47. The molecule has 2 aliphatic rings. The van der Waals surface area contributed by atoms with Gasteiger partial charge in [0.25, 0.3) is 0 Å². The second-order valence-electron chi connectivity index (χ2n) is 7.21. The highest BCUT2D eigenvalue weighted by Gasteiger charge is 2.38. The largest absolute Gasteiger partial charge is 0.462 e. The number of carbonyl (C=O) groups excluding carboxylic acids is 1. The molecular weight excluding hydrogens is 330 g/mol. The first-order chi connectivity index (χ1) is 11.9. The van der Waals surface area contributed by atoms with Crippen LogP contribution in [0.5, 0.6) is 0 Å². The van der Waals surface area contributed by atoms with E-state index in [-0.39, 0.29) is 0 Å². The van der Waals surface area contributed by atoms with Gasteiger partial charge in [0.15, 0.2) is 0 Å². The number of rotatable bonds is 6. The van der Waals surface area contributed by atoms with Crippen molar-refractivity contribution >= 4 is 17.7 Å². The van der Waals surface area contributed by atoms with E-state index in [4.69, 9.17) is 10.5 Å². The fourth-order valence-corrected chi connectivity index (χ4v) is 4.99. The van der Waals surface area contributed by atoms with E-state index in [9.17, 15) is 4.79 Å². The molecule has 0 radical (unpaired) electrons. The predicted octanol–water partition coefficient (Wildman–Crippen LogP) is 4.54. The average Bonchev–Trinajstić information content (AvgIpc) is 2.56. The van der Waals surface area contributed by atoms with Crippen LogP contribution in [0.3, 0.4) is 0 Å². The number of allylic oxidation sites excluding steroid dienone is 5. The smallest absolute Gasteiger partial charge is 0.339 e. The summed E-state index contributed by atoms with van der Waals surface area (Å²) >= 11 is 2.05. The van der Waals surface area contributed by atoms with Crippen LogP contribution in [-0.4, -0.2) is 23.6 Å². The van der Waals surface area contributed by atoms with Crippen LogP contribution < -0.4 is 5.73 Å². The van der Waals surface area contributed by atoms with Gasteiger partial charge in [-0.05, 0) is 48.5 Å². The number of carbonyl (C=O) groups is 1. The Bertz CT molecular complexity index is 640. The Labute approximate surface area is 155 Å². The van der Waals surface area contributed by atoms with Crippen molar-refractivity contribution in [1.29, 1.82) is 0 Å². The number of esters is 1. The summed E-state index contributed by atoms with van der Waals surface area (Å²) in [5.74, 6) is 1.40. The first-order valence-corrected chi connectivity index (χ1v) is 9.87. The minimum Gasteiger partial charge on any atom is -0.462 e. The van der Waals surface area contributed by atoms with Gasteiger partial charge in [-0.1, -0.05) is 50.3 Å². The van der Waals surface area contributed by atoms with Crippen molar-refractivity contribution < 1.29 is 9.53 Å². The zero-order valence-corrected chi connectivity index (χ0v) is 16.3. The Morgan fingerprint density at radius 3 is 2.92 bits per heavy atom. The lowest BCUT2D eigenvalue weighted by atomic mass is 9.72. The van der Waals surface area contributed by atoms with E-state index in [1.165, 1.54) is 23.9 Å². The van der Waals surface area contributed by atoms with Gasteiger partial charge in [0.2, 0.25) is 0 Å². The number of fused-ring (bicyclic) bond motifs is 1. The molecule has 4 heteroatoms. The number of ether oxygens (including phenoxy) is 1. The zero-order chi connectivity index (χ0) is 18.4. The van der Waals surface area contributed by atoms with Crippen LogP contribution in [0.1, 0.15) is 33.6 Å². The van der Waals surface area contributed by atoms with Gasteiger partial charge in [-0.2, -0.15) is 11.8 Å². The lowest BCUT2D eigenvalue weighted by Crippen LogP contribution is -2.36. The van der Waals surface area contributed by atoms with Gasteiger partial charge in [0, 0.05) is 11.4 Å². The lowest BCUT2D eigenvalue weighted by Gasteiger charge is -2.43. The molecule has 0 aromatic heterocycles. The van der Waals surface area contributed by atoms with Crippen molar-refractivity contribution in [2.75, 3.05) is 12.4 Å². The van der Waals surface area contributed by atoms with Gasteiger partial charge >= 0.3 is 5.97 Å². The van der Waals surface area contributed by atoms with E-state index < -0.39 is 5.97 Å². The molecule has 3 nitrogen and oxygen atoms in total. The van der Waals surface area contributed by atoms with Crippen LogP contribution >= 0.6 is 11.8 Å². The molecule has 2 atom stereocenters. The quantitative estimate of drug-likeness (QED) is 0.430. The normalized spacial score (nSPS) is 25.4. The fraction of sp³-hybridized carbons (Fsp3) is 0.476. The van der Waals surface area contributed by atoms with Crippen LogP contribution in [0.25, 0.3) is 0 Å². The second kappa shape index (κ2) is 8.61. The topological polar surface area (TPSA) is 52.3 Å². The molecule has 1 fully saturated rings. The summed E-state index contributed by atoms with van der Waals surface area (Å²) in [7, 11) is 0. The fourth-order valence-electron chi connectivity index (χ4n) is 3.23. The Kier molecular flexibility index (Phi) is 6.77. The molecule has 2 unspecified atom stereocenters. The molecular formula is C21H29NO2S. The standard InChI is InChI=1S/C21H29NO2S/c1-5-24-20(23)17(14-22)8-6-15(2)12-16-7-9-19-18(13-16)21(3,4)10-11-25-19/h6-9,13-14,18-19H,2,5,10-12,22H2,1,3-4H3/b8-6-,17-14+. The summed E-state index contributed by atoms with van der Waals surface area (Å²) in [6.45, 7) is 10.9. The van der Waals surface area contributed by atoms with Gasteiger partial charge in [0.1, 0.15) is 0 Å². The molecule has 0 aromatic carbocycles. The molecule has 1 aliphatic heterocycles. The van der Waals surface area contributed by atoms with E-state index in [1.807, 2.05) is 6.08 Å². The summed E-state index contributed by atoms with van der Waals surface area (Å²) in [6, 6.07) is 0. The number of thioether (sulfide) groups is 1. The van der Waals surface area contributed by atoms with Crippen LogP contribution in [-0.2, 0) is 9.53 Å². The van der Waals surface area contributed by atoms with Crippen LogP contribution in [0.15, 0.2) is 59.9 Å². The first-order valence-electron chi connectivity index (χ1n) is 8.82. The van der Waals surface area contributed by atoms with Gasteiger partial charge in [0.05, 0.1) is 12.2 Å². The molecule has 0 spiro atoms. The maximum atomic E-state index is 11.7. The van der Waals surface area contributed by atoms with Crippen molar-refractivity contribution in [2.45, 2.75) is 38.9 Å². The molecule has 2 rings (SSSR count). The first kappa shape index (κ1) is 19.6. The minimum atomic E-state index is -0.408. The third kappa shape index (κ3) is 5.15. The lowest BCUT2D eigenvalue weighted by molar-refractivity contribution is -0.138. The summed E-state index contributed by atoms with van der Waals surface area (Å²) in [6.07, 6.45) is 13.8. The number of hydrogen-bond acceptors (Lipinski definition) is 4. The highest BCUT2D eigenvalue weighted by molar-refractivity contribution is 8.00. The Balaban J connectivity index is 2.01. The molecule has 136 valence electrons. The molecule has 25 heavy (non-hydrogen) atoms. The molecule has 1 aliphatic carbocycles. The molecule has 1 saturated heterocycles. The molecule has 2 N–H and O–H groups in total. The van der Waals surface area contributed by atoms with Crippen LogP contribution in [0.2, 0.25) is 0 Å². The third-order valence-electron chi connectivity index (χ3n) is 4.83. The average molecular weight is 360 g/mol. The molecule has 1 heterocycles. The predicted molar refractivity (Wildman–Crippen MR) is 107 cm³/mol. The maximum Gasteiger partial charge on any atom is 0.339 e. The molecule has 0 saturated carbocycles. The van der Waals surface area contributed by atoms with E-state index in [0.29, 0.717) is 28.8 Å².